The van der Waals surface area contributed by atoms with Gasteiger partial charge in [0, 0.05) is 12.6 Å². The molecule has 118 valence electrons. The van der Waals surface area contributed by atoms with Crippen molar-refractivity contribution in [2.24, 2.45) is 5.41 Å². The number of alkyl halides is 3. The first kappa shape index (κ1) is 16.3. The van der Waals surface area contributed by atoms with E-state index < -0.39 is 17.8 Å². The van der Waals surface area contributed by atoms with E-state index in [0.29, 0.717) is 18.2 Å². The molecule has 1 aliphatic carbocycles. The molecule has 2 N–H and O–H groups in total. The molecule has 2 nitrogen and oxygen atoms in total. The van der Waals surface area contributed by atoms with Crippen molar-refractivity contribution < 1.29 is 18.3 Å². The standard InChI is InChI=1S/C16H22F3NO/c1-15(2)9-3-4-14(15)20-10-13(21)11-5-7-12(8-6-11)16(17,18)19/h5-8,13-14,20-21H,3-4,9-10H2,1-2H3. The van der Waals surface area contributed by atoms with Crippen LogP contribution in [0.3, 0.4) is 0 Å². The van der Waals surface area contributed by atoms with Crippen LogP contribution >= 0.6 is 0 Å². The third-order valence-electron chi connectivity index (χ3n) is 4.44. The minimum absolute atomic E-state index is 0.208. The summed E-state index contributed by atoms with van der Waals surface area (Å²) in [6.45, 7) is 4.75. The molecule has 1 aromatic rings. The molecule has 1 fully saturated rings. The van der Waals surface area contributed by atoms with Crippen LogP contribution < -0.4 is 5.32 Å². The summed E-state index contributed by atoms with van der Waals surface area (Å²) < 4.78 is 37.5. The highest BCUT2D eigenvalue weighted by atomic mass is 19.4. The van der Waals surface area contributed by atoms with Crippen LogP contribution in [0.5, 0.6) is 0 Å². The van der Waals surface area contributed by atoms with E-state index in [4.69, 9.17) is 0 Å². The molecule has 1 aliphatic rings. The summed E-state index contributed by atoms with van der Waals surface area (Å²) in [6, 6.07) is 5.06. The monoisotopic (exact) mass is 301 g/mol. The minimum atomic E-state index is -4.34. The van der Waals surface area contributed by atoms with Gasteiger partial charge < -0.3 is 10.4 Å². The Hall–Kier alpha value is -1.07. The van der Waals surface area contributed by atoms with Gasteiger partial charge in [-0.15, -0.1) is 0 Å². The fraction of sp³-hybridized carbons (Fsp3) is 0.625. The maximum Gasteiger partial charge on any atom is 0.416 e. The van der Waals surface area contributed by atoms with Crippen molar-refractivity contribution in [3.63, 3.8) is 0 Å². The van der Waals surface area contributed by atoms with Crippen molar-refractivity contribution in [2.75, 3.05) is 6.54 Å². The van der Waals surface area contributed by atoms with E-state index in [1.54, 1.807) is 0 Å². The Morgan fingerprint density at radius 2 is 1.90 bits per heavy atom. The second-order valence-corrected chi connectivity index (χ2v) is 6.48. The molecule has 5 heteroatoms. The molecule has 0 heterocycles. The van der Waals surface area contributed by atoms with Gasteiger partial charge in [0.05, 0.1) is 11.7 Å². The largest absolute Gasteiger partial charge is 0.416 e. The maximum atomic E-state index is 12.5. The van der Waals surface area contributed by atoms with Crippen molar-refractivity contribution in [1.82, 2.24) is 5.32 Å². The van der Waals surface area contributed by atoms with E-state index in [-0.39, 0.29) is 5.41 Å². The minimum Gasteiger partial charge on any atom is -0.387 e. The first-order valence-corrected chi connectivity index (χ1v) is 7.29. The van der Waals surface area contributed by atoms with Crippen molar-refractivity contribution in [1.29, 1.82) is 0 Å². The number of hydrogen-bond donors (Lipinski definition) is 2. The number of rotatable bonds is 4. The molecule has 0 spiro atoms. The number of hydrogen-bond acceptors (Lipinski definition) is 2. The molecule has 0 aliphatic heterocycles. The fourth-order valence-corrected chi connectivity index (χ4v) is 2.97. The van der Waals surface area contributed by atoms with Crippen molar-refractivity contribution in [3.05, 3.63) is 35.4 Å². The molecule has 2 rings (SSSR count). The second kappa shape index (κ2) is 5.97. The van der Waals surface area contributed by atoms with E-state index in [9.17, 15) is 18.3 Å². The normalized spacial score (nSPS) is 23.2. The predicted molar refractivity (Wildman–Crippen MR) is 75.8 cm³/mol. The first-order valence-electron chi connectivity index (χ1n) is 7.29. The summed E-state index contributed by atoms with van der Waals surface area (Å²) in [6.07, 6.45) is -1.73. The Morgan fingerprint density at radius 3 is 2.38 bits per heavy atom. The topological polar surface area (TPSA) is 32.3 Å². The Bertz CT molecular complexity index is 467. The summed E-state index contributed by atoms with van der Waals surface area (Å²) in [7, 11) is 0. The van der Waals surface area contributed by atoms with Crippen LogP contribution in [-0.2, 0) is 6.18 Å². The van der Waals surface area contributed by atoms with Crippen molar-refractivity contribution >= 4 is 0 Å². The average molecular weight is 301 g/mol. The number of aliphatic hydroxyl groups excluding tert-OH is 1. The fourth-order valence-electron chi connectivity index (χ4n) is 2.97. The van der Waals surface area contributed by atoms with Gasteiger partial charge in [-0.1, -0.05) is 32.4 Å². The summed E-state index contributed by atoms with van der Waals surface area (Å²) in [5, 5.41) is 13.4. The van der Waals surface area contributed by atoms with Crippen LogP contribution in [0.25, 0.3) is 0 Å². The zero-order valence-electron chi connectivity index (χ0n) is 12.4. The van der Waals surface area contributed by atoms with Crippen LogP contribution in [0.1, 0.15) is 50.3 Å². The number of aliphatic hydroxyl groups is 1. The van der Waals surface area contributed by atoms with Gasteiger partial charge in [0.1, 0.15) is 0 Å². The van der Waals surface area contributed by atoms with Gasteiger partial charge in [-0.25, -0.2) is 0 Å². The van der Waals surface area contributed by atoms with Gasteiger partial charge in [0.25, 0.3) is 0 Å². The smallest absolute Gasteiger partial charge is 0.387 e. The molecule has 0 aromatic heterocycles. The SMILES string of the molecule is CC1(C)CCCC1NCC(O)c1ccc(C(F)(F)F)cc1. The molecule has 0 saturated heterocycles. The molecule has 0 radical (unpaired) electrons. The van der Waals surface area contributed by atoms with E-state index in [2.05, 4.69) is 19.2 Å². The third-order valence-corrected chi connectivity index (χ3v) is 4.44. The second-order valence-electron chi connectivity index (χ2n) is 6.48. The average Bonchev–Trinajstić information content (AvgIpc) is 2.74. The summed E-state index contributed by atoms with van der Waals surface area (Å²) in [4.78, 5) is 0. The quantitative estimate of drug-likeness (QED) is 0.884. The number of halogens is 3. The van der Waals surface area contributed by atoms with Crippen molar-refractivity contribution in [2.45, 2.75) is 51.4 Å². The lowest BCUT2D eigenvalue weighted by molar-refractivity contribution is -0.137. The van der Waals surface area contributed by atoms with Crippen LogP contribution in [0.2, 0.25) is 0 Å². The molecule has 2 atom stereocenters. The van der Waals surface area contributed by atoms with Gasteiger partial charge >= 0.3 is 6.18 Å². The van der Waals surface area contributed by atoms with E-state index >= 15 is 0 Å². The van der Waals surface area contributed by atoms with E-state index in [0.717, 1.165) is 25.0 Å². The number of nitrogens with one attached hydrogen (secondary N) is 1. The van der Waals surface area contributed by atoms with Gasteiger partial charge in [-0.3, -0.25) is 0 Å². The Morgan fingerprint density at radius 1 is 1.29 bits per heavy atom. The molecular formula is C16H22F3NO. The Labute approximate surface area is 123 Å². The van der Waals surface area contributed by atoms with Gasteiger partial charge in [-0.05, 0) is 36.0 Å². The lowest BCUT2D eigenvalue weighted by Crippen LogP contribution is -2.39. The van der Waals surface area contributed by atoms with Crippen LogP contribution in [0.15, 0.2) is 24.3 Å². The molecule has 1 saturated carbocycles. The molecule has 1 aromatic carbocycles. The molecular weight excluding hydrogens is 279 g/mol. The van der Waals surface area contributed by atoms with Crippen LogP contribution in [0, 0.1) is 5.41 Å². The van der Waals surface area contributed by atoms with Gasteiger partial charge in [-0.2, -0.15) is 13.2 Å². The van der Waals surface area contributed by atoms with Gasteiger partial charge in [0.15, 0.2) is 0 Å². The summed E-state index contributed by atoms with van der Waals surface area (Å²) >= 11 is 0. The first-order chi connectivity index (χ1) is 9.70. The Kier molecular flexibility index (Phi) is 4.63. The van der Waals surface area contributed by atoms with Crippen LogP contribution in [0.4, 0.5) is 13.2 Å². The zero-order valence-corrected chi connectivity index (χ0v) is 12.4. The summed E-state index contributed by atoms with van der Waals surface area (Å²) in [5.74, 6) is 0. The molecule has 21 heavy (non-hydrogen) atoms. The highest BCUT2D eigenvalue weighted by molar-refractivity contribution is 5.26. The Balaban J connectivity index is 1.93. The zero-order chi connectivity index (χ0) is 15.7. The van der Waals surface area contributed by atoms with E-state index in [1.807, 2.05) is 0 Å². The van der Waals surface area contributed by atoms with Crippen molar-refractivity contribution in [3.8, 4) is 0 Å². The molecule has 0 bridgehead atoms. The van der Waals surface area contributed by atoms with E-state index in [1.165, 1.54) is 18.6 Å². The lowest BCUT2D eigenvalue weighted by Gasteiger charge is -2.29. The predicted octanol–water partition coefficient (Wildman–Crippen LogP) is 3.91. The third kappa shape index (κ3) is 3.98. The highest BCUT2D eigenvalue weighted by Gasteiger charge is 2.34. The maximum absolute atomic E-state index is 12.5. The molecule has 2 unspecified atom stereocenters. The number of benzene rings is 1. The van der Waals surface area contributed by atoms with Crippen LogP contribution in [-0.4, -0.2) is 17.7 Å². The lowest BCUT2D eigenvalue weighted by atomic mass is 9.87. The summed E-state index contributed by atoms with van der Waals surface area (Å²) in [5.41, 5.74) is 0.0227. The van der Waals surface area contributed by atoms with Gasteiger partial charge in [0.2, 0.25) is 0 Å². The molecule has 0 amide bonds. The highest BCUT2D eigenvalue weighted by Crippen LogP contribution is 2.37.